The number of thiazole rings is 1. The Labute approximate surface area is 168 Å². The Hall–Kier alpha value is -2.68. The fourth-order valence-corrected chi connectivity index (χ4v) is 4.10. The second-order valence-corrected chi connectivity index (χ2v) is 8.02. The largest absolute Gasteiger partial charge is 0.346 e. The van der Waals surface area contributed by atoms with E-state index in [1.807, 2.05) is 43.7 Å². The number of hydrogen-bond acceptors (Lipinski definition) is 5. The van der Waals surface area contributed by atoms with Crippen LogP contribution in [0.5, 0.6) is 0 Å². The van der Waals surface area contributed by atoms with Gasteiger partial charge in [0.05, 0.1) is 5.56 Å². The van der Waals surface area contributed by atoms with E-state index in [0.29, 0.717) is 31.7 Å². The zero-order valence-electron chi connectivity index (χ0n) is 16.6. The average molecular weight is 404 g/mol. The van der Waals surface area contributed by atoms with Crippen LogP contribution in [0.15, 0.2) is 17.6 Å². The smallest absolute Gasteiger partial charge is 0.312 e. The van der Waals surface area contributed by atoms with Crippen LogP contribution in [0, 0.1) is 13.8 Å². The number of aryl methyl sites for hydroxylation is 1. The lowest BCUT2D eigenvalue weighted by Gasteiger charge is -2.34. The maximum Gasteiger partial charge on any atom is 0.312 e. The molecule has 8 nitrogen and oxygen atoms in total. The van der Waals surface area contributed by atoms with Crippen molar-refractivity contribution >= 4 is 29.1 Å². The number of carbonyl (C=O) groups is 3. The van der Waals surface area contributed by atoms with Crippen LogP contribution in [0.1, 0.15) is 35.6 Å². The minimum atomic E-state index is -0.596. The molecule has 0 radical (unpaired) electrons. The highest BCUT2D eigenvalue weighted by atomic mass is 32.1. The Kier molecular flexibility index (Phi) is 5.83. The highest BCUT2D eigenvalue weighted by Crippen LogP contribution is 2.23. The molecule has 3 amide bonds. The molecule has 1 saturated heterocycles. The number of aromatic nitrogens is 2. The number of piperazine rings is 1. The predicted molar refractivity (Wildman–Crippen MR) is 107 cm³/mol. The van der Waals surface area contributed by atoms with Crippen molar-refractivity contribution in [1.29, 1.82) is 0 Å². The summed E-state index contributed by atoms with van der Waals surface area (Å²) in [6, 6.07) is 1.79. The van der Waals surface area contributed by atoms with E-state index in [9.17, 15) is 14.4 Å². The van der Waals surface area contributed by atoms with Crippen molar-refractivity contribution in [2.24, 2.45) is 0 Å². The van der Waals surface area contributed by atoms with E-state index in [-0.39, 0.29) is 11.9 Å². The molecule has 0 aliphatic carbocycles. The van der Waals surface area contributed by atoms with Crippen molar-refractivity contribution in [2.75, 3.05) is 26.2 Å². The molecule has 3 rings (SSSR count). The molecule has 9 heteroatoms. The van der Waals surface area contributed by atoms with Gasteiger partial charge >= 0.3 is 11.8 Å². The molecular weight excluding hydrogens is 378 g/mol. The van der Waals surface area contributed by atoms with Crippen LogP contribution >= 0.6 is 11.3 Å². The highest BCUT2D eigenvalue weighted by molar-refractivity contribution is 7.12. The van der Waals surface area contributed by atoms with Gasteiger partial charge in [0, 0.05) is 55.2 Å². The van der Waals surface area contributed by atoms with Gasteiger partial charge in [-0.25, -0.2) is 4.98 Å². The third-order valence-corrected chi connectivity index (χ3v) is 5.50. The van der Waals surface area contributed by atoms with E-state index >= 15 is 0 Å². The van der Waals surface area contributed by atoms with Gasteiger partial charge in [0.15, 0.2) is 5.13 Å². The normalized spacial score (nSPS) is 14.5. The van der Waals surface area contributed by atoms with Crippen molar-refractivity contribution in [3.8, 4) is 5.13 Å². The summed E-state index contributed by atoms with van der Waals surface area (Å²) in [4.78, 5) is 44.7. The summed E-state index contributed by atoms with van der Waals surface area (Å²) < 4.78 is 1.98. The van der Waals surface area contributed by atoms with Crippen molar-refractivity contribution in [3.63, 3.8) is 0 Å². The van der Waals surface area contributed by atoms with Crippen molar-refractivity contribution in [2.45, 2.75) is 33.7 Å². The van der Waals surface area contributed by atoms with E-state index in [2.05, 4.69) is 10.3 Å². The molecule has 1 aliphatic rings. The van der Waals surface area contributed by atoms with Gasteiger partial charge in [0.2, 0.25) is 0 Å². The third kappa shape index (κ3) is 3.94. The first-order valence-corrected chi connectivity index (χ1v) is 10.2. The zero-order valence-corrected chi connectivity index (χ0v) is 17.4. The average Bonchev–Trinajstić information content (AvgIpc) is 3.27. The molecule has 0 saturated carbocycles. The van der Waals surface area contributed by atoms with Gasteiger partial charge in [0.1, 0.15) is 0 Å². The first kappa shape index (κ1) is 20.1. The summed E-state index contributed by atoms with van der Waals surface area (Å²) in [6.07, 6.45) is 1.74. The lowest BCUT2D eigenvalue weighted by Crippen LogP contribution is -2.54. The Morgan fingerprint density at radius 3 is 2.32 bits per heavy atom. The standard InChI is InChI=1S/C19H25N5O3S/c1-12(2)21-16(25)18(27)23-8-6-22(7-9-23)17(26)15-11-13(3)24(14(15)4)19-20-5-10-28-19/h5,10-12H,6-9H2,1-4H3,(H,21,25). The Bertz CT molecular complexity index is 880. The molecule has 1 N–H and O–H groups in total. The van der Waals surface area contributed by atoms with Gasteiger partial charge in [-0.15, -0.1) is 11.3 Å². The fraction of sp³-hybridized carbons (Fsp3) is 0.474. The zero-order chi connectivity index (χ0) is 20.4. The Balaban J connectivity index is 1.67. The summed E-state index contributed by atoms with van der Waals surface area (Å²) in [5.41, 5.74) is 2.45. The maximum atomic E-state index is 13.0. The van der Waals surface area contributed by atoms with Crippen LogP contribution in [-0.2, 0) is 9.59 Å². The van der Waals surface area contributed by atoms with E-state index < -0.39 is 11.8 Å². The maximum absolute atomic E-state index is 13.0. The number of rotatable bonds is 3. The molecule has 1 fully saturated rings. The second kappa shape index (κ2) is 8.14. The number of hydrogen-bond donors (Lipinski definition) is 1. The molecule has 2 aromatic heterocycles. The SMILES string of the molecule is Cc1cc(C(=O)N2CCN(C(=O)C(=O)NC(C)C)CC2)c(C)n1-c1nccs1. The Morgan fingerprint density at radius 1 is 1.11 bits per heavy atom. The summed E-state index contributed by atoms with van der Waals surface area (Å²) in [7, 11) is 0. The monoisotopic (exact) mass is 403 g/mol. The van der Waals surface area contributed by atoms with Crippen LogP contribution in [0.25, 0.3) is 5.13 Å². The Morgan fingerprint density at radius 2 is 1.75 bits per heavy atom. The molecule has 0 atom stereocenters. The molecule has 0 unspecified atom stereocenters. The molecule has 150 valence electrons. The van der Waals surface area contributed by atoms with E-state index in [4.69, 9.17) is 0 Å². The minimum Gasteiger partial charge on any atom is -0.346 e. The van der Waals surface area contributed by atoms with Crippen molar-refractivity contribution in [1.82, 2.24) is 24.7 Å². The first-order valence-electron chi connectivity index (χ1n) is 9.27. The molecule has 0 aromatic carbocycles. The molecule has 1 aliphatic heterocycles. The predicted octanol–water partition coefficient (Wildman–Crippen LogP) is 1.36. The molecular formula is C19H25N5O3S. The summed E-state index contributed by atoms with van der Waals surface area (Å²) in [5, 5.41) is 5.35. The fourth-order valence-electron chi connectivity index (χ4n) is 3.35. The van der Waals surface area contributed by atoms with Gasteiger partial charge in [-0.05, 0) is 33.8 Å². The van der Waals surface area contributed by atoms with Crippen LogP contribution < -0.4 is 5.32 Å². The number of carbonyl (C=O) groups excluding carboxylic acids is 3. The van der Waals surface area contributed by atoms with Crippen molar-refractivity contribution in [3.05, 3.63) is 34.6 Å². The first-order chi connectivity index (χ1) is 13.3. The van der Waals surface area contributed by atoms with E-state index in [0.717, 1.165) is 16.5 Å². The lowest BCUT2D eigenvalue weighted by atomic mass is 10.2. The van der Waals surface area contributed by atoms with Gasteiger partial charge in [-0.3, -0.25) is 19.0 Å². The van der Waals surface area contributed by atoms with Gasteiger partial charge < -0.3 is 15.1 Å². The molecule has 2 aromatic rings. The van der Waals surface area contributed by atoms with Gasteiger partial charge in [0.25, 0.3) is 5.91 Å². The molecule has 0 bridgehead atoms. The van der Waals surface area contributed by atoms with Crippen LogP contribution in [0.3, 0.4) is 0 Å². The summed E-state index contributed by atoms with van der Waals surface area (Å²) in [6.45, 7) is 8.99. The van der Waals surface area contributed by atoms with Crippen molar-refractivity contribution < 1.29 is 14.4 Å². The quantitative estimate of drug-likeness (QED) is 0.784. The van der Waals surface area contributed by atoms with E-state index in [1.54, 1.807) is 11.1 Å². The van der Waals surface area contributed by atoms with Crippen LogP contribution in [-0.4, -0.2) is 69.3 Å². The molecule has 28 heavy (non-hydrogen) atoms. The van der Waals surface area contributed by atoms with E-state index in [1.165, 1.54) is 16.2 Å². The second-order valence-electron chi connectivity index (χ2n) is 7.15. The van der Waals surface area contributed by atoms with Gasteiger partial charge in [-0.1, -0.05) is 0 Å². The number of nitrogens with zero attached hydrogens (tertiary/aromatic N) is 4. The topological polar surface area (TPSA) is 87.5 Å². The minimum absolute atomic E-state index is 0.0605. The lowest BCUT2D eigenvalue weighted by molar-refractivity contribution is -0.147. The van der Waals surface area contributed by atoms with Crippen LogP contribution in [0.4, 0.5) is 0 Å². The number of nitrogens with one attached hydrogen (secondary N) is 1. The molecule has 0 spiro atoms. The summed E-state index contributed by atoms with van der Waals surface area (Å²) >= 11 is 1.52. The summed E-state index contributed by atoms with van der Waals surface area (Å²) in [5.74, 6) is -1.20. The number of amides is 3. The van der Waals surface area contributed by atoms with Crippen LogP contribution in [0.2, 0.25) is 0 Å². The van der Waals surface area contributed by atoms with Gasteiger partial charge in [-0.2, -0.15) is 0 Å². The molecule has 3 heterocycles. The highest BCUT2D eigenvalue weighted by Gasteiger charge is 2.30. The third-order valence-electron chi connectivity index (χ3n) is 4.74.